The second kappa shape index (κ2) is 22.6. The van der Waals surface area contributed by atoms with Crippen molar-refractivity contribution in [2.75, 3.05) is 33.1 Å². The van der Waals surface area contributed by atoms with Crippen molar-refractivity contribution in [3.8, 4) is 0 Å². The van der Waals surface area contributed by atoms with Gasteiger partial charge in [-0.1, -0.05) is 26.0 Å². The number of pyridine rings is 2. The van der Waals surface area contributed by atoms with E-state index in [1.54, 1.807) is 6.20 Å². The number of nitrogens with one attached hydrogen (secondary N) is 1. The Hall–Kier alpha value is -4.38. The maximum atomic E-state index is 6.44. The van der Waals surface area contributed by atoms with Gasteiger partial charge in [-0.25, -0.2) is 9.97 Å². The zero-order valence-electron chi connectivity index (χ0n) is 34.3. The maximum Gasteiger partial charge on any atom is 0.124 e. The van der Waals surface area contributed by atoms with Gasteiger partial charge in [0.05, 0.1) is 24.4 Å². The largest absolute Gasteiger partial charge is 0.579 e. The number of fused-ring (bicyclic) bond motifs is 2. The quantitative estimate of drug-likeness (QED) is 0.142. The van der Waals surface area contributed by atoms with Gasteiger partial charge in [-0.05, 0) is 62.8 Å². The molecule has 4 aliphatic heterocycles. The summed E-state index contributed by atoms with van der Waals surface area (Å²) < 4.78 is 12.3. The molecule has 15 heteroatoms. The molecular weight excluding hydrogens is 1130 g/mol. The van der Waals surface area contributed by atoms with Crippen LogP contribution in [-0.4, -0.2) is 57.7 Å². The number of anilines is 6. The summed E-state index contributed by atoms with van der Waals surface area (Å²) in [5.74, 6) is 1.85. The molecular formula is C46H51N11O2Pt2-6. The van der Waals surface area contributed by atoms with Crippen LogP contribution < -0.4 is 35.9 Å². The minimum absolute atomic E-state index is 0. The molecule has 0 spiro atoms. The summed E-state index contributed by atoms with van der Waals surface area (Å²) in [4.78, 5) is 15.3. The van der Waals surface area contributed by atoms with E-state index < -0.39 is 0 Å². The Kier molecular flexibility index (Phi) is 17.1. The van der Waals surface area contributed by atoms with Crippen LogP contribution in [0.2, 0.25) is 0 Å². The van der Waals surface area contributed by atoms with E-state index in [0.29, 0.717) is 6.54 Å². The molecule has 61 heavy (non-hydrogen) atoms. The van der Waals surface area contributed by atoms with Crippen LogP contribution in [0.25, 0.3) is 0 Å². The first-order valence-electron chi connectivity index (χ1n) is 20.5. The number of rotatable bonds is 9. The molecule has 2 fully saturated rings. The van der Waals surface area contributed by atoms with Crippen molar-refractivity contribution in [1.82, 2.24) is 30.4 Å². The van der Waals surface area contributed by atoms with Gasteiger partial charge in [0.25, 0.3) is 0 Å². The van der Waals surface area contributed by atoms with E-state index in [9.17, 15) is 0 Å². The molecule has 0 bridgehead atoms. The van der Waals surface area contributed by atoms with E-state index in [0.717, 1.165) is 102 Å². The molecule has 4 atom stereocenters. The SMILES string of the molecule is Cc1cc(CC2CCCC(CN)O2)n[n-]1.Cc1cc(CC2CCCC(CN3[CH-]N(c4[c-]cccc4)c4ncccc43)O2)n[n-]1.[Pt].[Pt].[c-]1ccccc1N1[CH-]Nc2cccnc21. The number of benzene rings is 2. The van der Waals surface area contributed by atoms with Crippen LogP contribution in [0.5, 0.6) is 0 Å². The average molecular weight is 1180 g/mol. The Labute approximate surface area is 388 Å². The minimum atomic E-state index is 0. The second-order valence-electron chi connectivity index (χ2n) is 15.2. The summed E-state index contributed by atoms with van der Waals surface area (Å²) in [5.41, 5.74) is 13.7. The summed E-state index contributed by atoms with van der Waals surface area (Å²) in [5, 5.41) is 19.6. The summed E-state index contributed by atoms with van der Waals surface area (Å²) >= 11 is 0. The summed E-state index contributed by atoms with van der Waals surface area (Å²) in [6, 6.07) is 34.4. The molecule has 4 aliphatic rings. The molecule has 4 unspecified atom stereocenters. The first-order chi connectivity index (χ1) is 29.0. The van der Waals surface area contributed by atoms with Gasteiger partial charge in [0.1, 0.15) is 11.6 Å². The van der Waals surface area contributed by atoms with Crippen molar-refractivity contribution < 1.29 is 51.6 Å². The van der Waals surface area contributed by atoms with E-state index in [2.05, 4.69) is 82.5 Å². The van der Waals surface area contributed by atoms with Gasteiger partial charge < -0.3 is 55.6 Å². The molecule has 0 amide bonds. The standard InChI is InChI=1S/C23H24N5O.C12H9N3.C11H18N3O.2Pt/c1-17-13-18(26-25-17)14-20-9-5-10-21(29-20)15-27-16-28(19-7-3-2-4-8-19)23-22(27)11-6-12-24-23;1-2-5-10(6-3-1)15-9-14-11-7-4-8-13-12(11)15;1-8-5-9(14-13-8)6-10-3-2-4-11(7-12)15-10;;/h2-4,6-7,11-13,16,20-21H,5,9-10,14-15H2,1H3;1-5,7-9,14H;5,10-11H,2-4,6-7,12H2,1H3;;/q-3;-2;-1;;. The number of hydrogen-bond donors (Lipinski definition) is 2. The first-order valence-corrected chi connectivity index (χ1v) is 20.5. The number of aryl methyl sites for hydroxylation is 2. The Morgan fingerprint density at radius 1 is 0.721 bits per heavy atom. The predicted octanol–water partition coefficient (Wildman–Crippen LogP) is 7.15. The number of nitrogens with zero attached hydrogens (tertiary/aromatic N) is 9. The molecule has 4 aromatic heterocycles. The topological polar surface area (TPSA) is 146 Å². The molecule has 3 N–H and O–H groups in total. The first kappa shape index (κ1) is 46.1. The number of para-hydroxylation sites is 2. The van der Waals surface area contributed by atoms with Crippen LogP contribution in [0.4, 0.5) is 34.4 Å². The van der Waals surface area contributed by atoms with Crippen molar-refractivity contribution in [3.63, 3.8) is 0 Å². The van der Waals surface area contributed by atoms with E-state index in [4.69, 9.17) is 15.2 Å². The van der Waals surface area contributed by atoms with E-state index >= 15 is 0 Å². The number of ether oxygens (including phenoxy) is 2. The number of hydrogen-bond acceptors (Lipinski definition) is 11. The fourth-order valence-electron chi connectivity index (χ4n) is 7.86. The summed E-state index contributed by atoms with van der Waals surface area (Å²) in [6.07, 6.45) is 13.0. The van der Waals surface area contributed by atoms with Gasteiger partial charge >= 0.3 is 0 Å². The van der Waals surface area contributed by atoms with E-state index in [1.807, 2.05) is 98.3 Å². The molecule has 2 aromatic carbocycles. The minimum Gasteiger partial charge on any atom is -0.579 e. The Bertz CT molecular complexity index is 2210. The molecule has 0 saturated carbocycles. The molecule has 2 saturated heterocycles. The third kappa shape index (κ3) is 12.2. The van der Waals surface area contributed by atoms with Gasteiger partial charge in [-0.3, -0.25) is 0 Å². The molecule has 328 valence electrons. The van der Waals surface area contributed by atoms with Crippen LogP contribution in [-0.2, 0) is 64.4 Å². The molecule has 6 aromatic rings. The van der Waals surface area contributed by atoms with Crippen molar-refractivity contribution in [1.29, 1.82) is 0 Å². The zero-order valence-corrected chi connectivity index (χ0v) is 38.9. The zero-order chi connectivity index (χ0) is 40.4. The van der Waals surface area contributed by atoms with Crippen LogP contribution in [0.1, 0.15) is 61.3 Å². The van der Waals surface area contributed by atoms with Crippen LogP contribution in [0.3, 0.4) is 0 Å². The third-order valence-electron chi connectivity index (χ3n) is 10.7. The number of aromatic nitrogens is 6. The molecule has 8 heterocycles. The third-order valence-corrected chi connectivity index (χ3v) is 10.7. The van der Waals surface area contributed by atoms with Crippen LogP contribution in [0.15, 0.2) is 97.3 Å². The molecule has 0 aliphatic carbocycles. The van der Waals surface area contributed by atoms with Gasteiger partial charge in [-0.15, -0.1) is 22.8 Å². The van der Waals surface area contributed by atoms with Crippen molar-refractivity contribution in [2.45, 2.75) is 89.6 Å². The van der Waals surface area contributed by atoms with E-state index in [1.165, 1.54) is 12.8 Å². The van der Waals surface area contributed by atoms with Crippen molar-refractivity contribution in [2.24, 2.45) is 5.73 Å². The smallest absolute Gasteiger partial charge is 0.124 e. The van der Waals surface area contributed by atoms with Crippen molar-refractivity contribution in [3.05, 3.63) is 146 Å². The predicted molar refractivity (Wildman–Crippen MR) is 229 cm³/mol. The second-order valence-corrected chi connectivity index (χ2v) is 15.2. The van der Waals surface area contributed by atoms with Gasteiger partial charge in [0.15, 0.2) is 0 Å². The number of nitrogens with two attached hydrogens (primary N) is 1. The molecule has 13 nitrogen and oxygen atoms in total. The van der Waals surface area contributed by atoms with E-state index in [-0.39, 0.29) is 66.5 Å². The molecule has 0 radical (unpaired) electrons. The van der Waals surface area contributed by atoms with Gasteiger partial charge in [0, 0.05) is 103 Å². The summed E-state index contributed by atoms with van der Waals surface area (Å²) in [6.45, 7) is 9.38. The van der Waals surface area contributed by atoms with Gasteiger partial charge in [0.2, 0.25) is 0 Å². The Balaban J connectivity index is 0.000000165. The van der Waals surface area contributed by atoms with Crippen LogP contribution >= 0.6 is 0 Å². The van der Waals surface area contributed by atoms with Crippen LogP contribution in [0, 0.1) is 39.3 Å². The normalized spacial score (nSPS) is 20.1. The summed E-state index contributed by atoms with van der Waals surface area (Å²) in [7, 11) is 0. The Morgan fingerprint density at radius 2 is 1.30 bits per heavy atom. The van der Waals surface area contributed by atoms with Crippen molar-refractivity contribution >= 4 is 34.4 Å². The Morgan fingerprint density at radius 3 is 1.89 bits per heavy atom. The van der Waals surface area contributed by atoms with Gasteiger partial charge in [-0.2, -0.15) is 74.0 Å². The fraction of sp³-hybridized carbons (Fsp3) is 0.348. The monoisotopic (exact) mass is 1180 g/mol. The average Bonchev–Trinajstić information content (AvgIpc) is 4.09. The maximum absolute atomic E-state index is 6.44. The fourth-order valence-corrected chi connectivity index (χ4v) is 7.86. The molecule has 10 rings (SSSR count).